The normalized spacial score (nSPS) is 13.3. The molecule has 0 bridgehead atoms. The number of benzene rings is 25. The van der Waals surface area contributed by atoms with E-state index in [1.165, 1.54) is 177 Å². The Morgan fingerprint density at radius 1 is 0.149 bits per heavy atom. The third-order valence-electron chi connectivity index (χ3n) is 32.0. The van der Waals surface area contributed by atoms with E-state index in [0.717, 1.165) is 93.1 Å². The predicted molar refractivity (Wildman–Crippen MR) is 608 cm³/mol. The maximum absolute atomic E-state index is 6.50. The number of nitrogens with zero attached hydrogens (tertiary/aromatic N) is 3. The first-order valence-corrected chi connectivity index (χ1v) is 50.9. The zero-order chi connectivity index (χ0) is 97.3. The highest BCUT2D eigenvalue weighted by Crippen LogP contribution is 2.65. The molecule has 0 N–H and O–H groups in total. The second-order valence-corrected chi connectivity index (χ2v) is 39.6. The van der Waals surface area contributed by atoms with Crippen LogP contribution < -0.4 is 0 Å². The van der Waals surface area contributed by atoms with Gasteiger partial charge in [0.05, 0.1) is 16.2 Å². The molecule has 4 aliphatic rings. The molecule has 0 unspecified atom stereocenters. The molecule has 0 saturated carbocycles. The highest BCUT2D eigenvalue weighted by Gasteiger charge is 2.53. The zero-order valence-corrected chi connectivity index (χ0v) is 80.3. The quantitative estimate of drug-likeness (QED) is 0.127. The molecule has 0 saturated heterocycles. The minimum absolute atomic E-state index is 0.351. The third-order valence-corrected chi connectivity index (χ3v) is 32.0. The topological polar surface area (TPSA) is 78.1 Å². The molecule has 0 atom stereocenters. The monoisotopic (exact) mass is 1880 g/mol. The van der Waals surface area contributed by atoms with Crippen LogP contribution in [0.5, 0.6) is 0 Å². The molecule has 25 aromatic carbocycles. The van der Waals surface area contributed by atoms with E-state index in [9.17, 15) is 0 Å². The molecule has 3 aromatic heterocycles. The van der Waals surface area contributed by atoms with Gasteiger partial charge in [-0.15, -0.1) is 0 Å². The molecule has 0 amide bonds. The van der Waals surface area contributed by atoms with Crippen LogP contribution in [0, 0.1) is 0 Å². The third kappa shape index (κ3) is 12.7. The number of oxazole rings is 3. The molecule has 0 radical (unpaired) electrons. The molecule has 3 heterocycles. The summed E-state index contributed by atoms with van der Waals surface area (Å²) in [6, 6.07) is 191. The second-order valence-electron chi connectivity index (χ2n) is 39.6. The summed E-state index contributed by atoms with van der Waals surface area (Å²) in [5.74, 6) is 1.94. The van der Waals surface area contributed by atoms with E-state index >= 15 is 0 Å². The average Bonchev–Trinajstić information content (AvgIpc) is 1.50. The van der Waals surface area contributed by atoms with E-state index in [1.807, 2.05) is 91.0 Å². The standard InChI is InChI=1S/C50H31NO.C46H27NO.C46H29NO/c1-4-13-34(14-5-1)49-51-45-29-25-33-20-21-37-30-35(22-26-41(37)46(33)48(45)52-49)36-23-27-42-44(31-36)50(38-15-6-2-7-16-38,39-17-8-3-9-18-39)43-28-24-32-12-10-11-19-40(32)47(42)43;1-2-10-29(11-3-1)45-47-42-25-22-28-18-19-32-26-30(20-23-33(32)43(28)44(42)48-45)31-21-24-37-36-14-6-9-17-40(36)46(41(37)27-31)38-15-7-4-12-34(38)35-13-5-8-16-39(35)46;1-4-12-31(13-5-1)45-47-42-27-24-30-20-21-34-28-32(22-25-37(34)43(30)44(42)48-45)33-23-26-39-38-18-10-11-19-40(38)46(41(39)29-33,35-14-6-2-7-15-35)36-16-8-3-9-17-36/h1-31H;1-27H;1-29H. The lowest BCUT2D eigenvalue weighted by Crippen LogP contribution is -2.28. The fourth-order valence-corrected chi connectivity index (χ4v) is 25.6. The minimum atomic E-state index is -0.478. The number of hydrogen-bond acceptors (Lipinski definition) is 6. The molecule has 4 aliphatic carbocycles. The average molecular weight is 1880 g/mol. The van der Waals surface area contributed by atoms with E-state index in [2.05, 4.69) is 437 Å². The highest BCUT2D eigenvalue weighted by atomic mass is 16.4. The SMILES string of the molecule is c1ccc(-c2nc3ccc4ccc5cc(-c6ccc7c(c6)C(c6ccccc6)(c6ccccc6)c6ccc8ccccc8c6-7)ccc5c4c3o2)cc1.c1ccc(-c2nc3ccc4ccc5cc(-c6ccc7c(c6)C(c6ccccc6)(c6ccccc6)c6ccccc6-7)ccc5c4c3o2)cc1.c1ccc(-c2nc3ccc4ccc5cc(-c6ccc7c(c6)C6(c8ccccc8-c8ccccc86)c6ccccc6-7)ccc5c4c3o2)cc1. The van der Waals surface area contributed by atoms with Gasteiger partial charge < -0.3 is 13.3 Å². The Morgan fingerprint density at radius 3 is 0.770 bits per heavy atom. The van der Waals surface area contributed by atoms with Crippen LogP contribution in [-0.2, 0) is 16.2 Å². The van der Waals surface area contributed by atoms with E-state index in [-0.39, 0.29) is 5.41 Å². The van der Waals surface area contributed by atoms with Gasteiger partial charge in [-0.3, -0.25) is 0 Å². The van der Waals surface area contributed by atoms with E-state index in [0.29, 0.717) is 17.7 Å². The summed E-state index contributed by atoms with van der Waals surface area (Å²) in [5, 5.41) is 16.3. The Kier molecular flexibility index (Phi) is 19.1. The molecule has 6 heteroatoms. The van der Waals surface area contributed by atoms with Crippen LogP contribution in [0.4, 0.5) is 0 Å². The molecule has 32 rings (SSSR count). The van der Waals surface area contributed by atoms with E-state index in [4.69, 9.17) is 28.2 Å². The lowest BCUT2D eigenvalue weighted by Gasteiger charge is -2.34. The minimum Gasteiger partial charge on any atom is -0.435 e. The van der Waals surface area contributed by atoms with Crippen molar-refractivity contribution in [3.8, 4) is 112 Å². The number of hydrogen-bond donors (Lipinski definition) is 0. The first kappa shape index (κ1) is 84.4. The Morgan fingerprint density at radius 2 is 0.405 bits per heavy atom. The van der Waals surface area contributed by atoms with Crippen LogP contribution in [0.2, 0.25) is 0 Å². The van der Waals surface area contributed by atoms with Gasteiger partial charge in [0, 0.05) is 32.8 Å². The van der Waals surface area contributed by atoms with Gasteiger partial charge in [-0.25, -0.2) is 15.0 Å². The van der Waals surface area contributed by atoms with Crippen LogP contribution >= 0.6 is 0 Å². The summed E-state index contributed by atoms with van der Waals surface area (Å²) in [5.41, 5.74) is 40.2. The summed E-state index contributed by atoms with van der Waals surface area (Å²) in [4.78, 5) is 14.6. The molecule has 148 heavy (non-hydrogen) atoms. The lowest BCUT2D eigenvalue weighted by atomic mass is 9.67. The fourth-order valence-electron chi connectivity index (χ4n) is 25.6. The van der Waals surface area contributed by atoms with E-state index in [1.54, 1.807) is 0 Å². The van der Waals surface area contributed by atoms with Crippen molar-refractivity contribution in [1.29, 1.82) is 0 Å². The maximum atomic E-state index is 6.50. The van der Waals surface area contributed by atoms with Crippen molar-refractivity contribution in [2.24, 2.45) is 0 Å². The van der Waals surface area contributed by atoms with Crippen molar-refractivity contribution in [2.45, 2.75) is 16.2 Å². The van der Waals surface area contributed by atoms with Gasteiger partial charge in [0.1, 0.15) is 16.6 Å². The van der Waals surface area contributed by atoms with Gasteiger partial charge in [0.15, 0.2) is 16.7 Å². The van der Waals surface area contributed by atoms with Crippen LogP contribution in [0.3, 0.4) is 0 Å². The van der Waals surface area contributed by atoms with E-state index < -0.39 is 10.8 Å². The fraction of sp³-hybridized carbons (Fsp3) is 0.0211. The summed E-state index contributed by atoms with van der Waals surface area (Å²) < 4.78 is 19.4. The summed E-state index contributed by atoms with van der Waals surface area (Å²) >= 11 is 0. The number of fused-ring (bicyclic) bond motifs is 33. The maximum Gasteiger partial charge on any atom is 0.227 e. The van der Waals surface area contributed by atoms with Crippen LogP contribution in [0.25, 0.3) is 221 Å². The van der Waals surface area contributed by atoms with Crippen molar-refractivity contribution >= 4 is 109 Å². The molecular formula is C142H87N3O3. The molecule has 1 spiro atoms. The first-order valence-electron chi connectivity index (χ1n) is 50.9. The van der Waals surface area contributed by atoms with Crippen LogP contribution in [-0.4, -0.2) is 15.0 Å². The van der Waals surface area contributed by atoms with Gasteiger partial charge in [-0.05, 0) is 295 Å². The smallest absolute Gasteiger partial charge is 0.227 e. The Balaban J connectivity index is 0.000000103. The molecule has 6 nitrogen and oxygen atoms in total. The molecule has 0 fully saturated rings. The predicted octanol–water partition coefficient (Wildman–Crippen LogP) is 36.6. The largest absolute Gasteiger partial charge is 0.435 e. The number of aromatic nitrogens is 3. The Labute approximate surface area is 853 Å². The second kappa shape index (κ2) is 33.4. The van der Waals surface area contributed by atoms with Crippen LogP contribution in [0.15, 0.2) is 541 Å². The van der Waals surface area contributed by atoms with Gasteiger partial charge in [0.2, 0.25) is 17.7 Å². The van der Waals surface area contributed by atoms with Crippen molar-refractivity contribution in [3.05, 3.63) is 595 Å². The molecule has 688 valence electrons. The molecule has 28 aromatic rings. The van der Waals surface area contributed by atoms with Gasteiger partial charge in [0.25, 0.3) is 0 Å². The summed E-state index contributed by atoms with van der Waals surface area (Å²) in [6.45, 7) is 0. The Bertz CT molecular complexity index is 9860. The Hall–Kier alpha value is -19.3. The number of rotatable bonds is 10. The van der Waals surface area contributed by atoms with Gasteiger partial charge >= 0.3 is 0 Å². The summed E-state index contributed by atoms with van der Waals surface area (Å²) in [7, 11) is 0. The first-order chi connectivity index (χ1) is 73.3. The van der Waals surface area contributed by atoms with Gasteiger partial charge in [-0.2, -0.15) is 0 Å². The van der Waals surface area contributed by atoms with Crippen molar-refractivity contribution in [1.82, 2.24) is 15.0 Å². The van der Waals surface area contributed by atoms with Crippen molar-refractivity contribution in [2.75, 3.05) is 0 Å². The van der Waals surface area contributed by atoms with Gasteiger partial charge in [-0.1, -0.05) is 437 Å². The zero-order valence-electron chi connectivity index (χ0n) is 80.3. The molecular weight excluding hydrogens is 1800 g/mol. The highest BCUT2D eigenvalue weighted by molar-refractivity contribution is 6.22. The van der Waals surface area contributed by atoms with Crippen molar-refractivity contribution in [3.63, 3.8) is 0 Å². The van der Waals surface area contributed by atoms with Crippen LogP contribution in [0.1, 0.15) is 66.8 Å². The summed E-state index contributed by atoms with van der Waals surface area (Å²) in [6.07, 6.45) is 0. The molecule has 0 aliphatic heterocycles. The van der Waals surface area contributed by atoms with Crippen molar-refractivity contribution < 1.29 is 13.3 Å². The lowest BCUT2D eigenvalue weighted by molar-refractivity contribution is 0.623.